The second-order valence-electron chi connectivity index (χ2n) is 9.41. The molecule has 38 heavy (non-hydrogen) atoms. The molecule has 0 amide bonds. The summed E-state index contributed by atoms with van der Waals surface area (Å²) in [7, 11) is -3.76. The number of phenolic OH excluding ortho intramolecular Hbond substituents is 1. The number of aliphatic hydroxyl groups excluding tert-OH is 2. The lowest BCUT2D eigenvalue weighted by Gasteiger charge is -2.31. The van der Waals surface area contributed by atoms with Crippen LogP contribution in [0.5, 0.6) is 11.5 Å². The number of hydrogen-bond acceptors (Lipinski definition) is 7. The van der Waals surface area contributed by atoms with E-state index in [4.69, 9.17) is 14.6 Å². The van der Waals surface area contributed by atoms with Crippen molar-refractivity contribution in [2.24, 2.45) is 0 Å². The van der Waals surface area contributed by atoms with Crippen LogP contribution in [0, 0.1) is 0 Å². The molecule has 5 rings (SSSR count). The average Bonchev–Trinajstić information content (AvgIpc) is 3.53. The van der Waals surface area contributed by atoms with E-state index < -0.39 is 40.2 Å². The van der Waals surface area contributed by atoms with E-state index in [2.05, 4.69) is 0 Å². The first-order valence-electron chi connectivity index (χ1n) is 12.6. The van der Waals surface area contributed by atoms with Crippen molar-refractivity contribution < 1.29 is 33.2 Å². The Bertz CT molecular complexity index is 1390. The lowest BCUT2D eigenvalue weighted by Crippen LogP contribution is -2.43. The summed E-state index contributed by atoms with van der Waals surface area (Å²) < 4.78 is 41.3. The second-order valence-corrected chi connectivity index (χ2v) is 11.5. The number of ether oxygens (including phenoxy) is 2. The predicted octanol–water partition coefficient (Wildman–Crippen LogP) is 3.43. The number of aliphatic hydroxyl groups is 2. The van der Waals surface area contributed by atoms with E-state index in [1.165, 1.54) is 4.31 Å². The van der Waals surface area contributed by atoms with E-state index in [1.54, 1.807) is 36.4 Å². The minimum absolute atomic E-state index is 0.0439. The van der Waals surface area contributed by atoms with Crippen LogP contribution in [0.3, 0.4) is 0 Å². The highest BCUT2D eigenvalue weighted by Gasteiger charge is 2.54. The monoisotopic (exact) mass is 537 g/mol. The van der Waals surface area contributed by atoms with Crippen LogP contribution in [-0.2, 0) is 14.8 Å². The van der Waals surface area contributed by atoms with E-state index in [1.807, 2.05) is 49.4 Å². The molecule has 4 atom stereocenters. The van der Waals surface area contributed by atoms with Gasteiger partial charge in [-0.2, -0.15) is 0 Å². The number of phenols is 1. The summed E-state index contributed by atoms with van der Waals surface area (Å²) in [6.45, 7) is 1.69. The Balaban J connectivity index is 1.53. The average molecular weight is 538 g/mol. The van der Waals surface area contributed by atoms with Gasteiger partial charge in [-0.1, -0.05) is 42.5 Å². The fourth-order valence-electron chi connectivity index (χ4n) is 5.24. The third-order valence-electron chi connectivity index (χ3n) is 7.01. The standard InChI is InChI=1S/C29H31NO7S/c1-2-30(21-6-4-3-5-7-21)38(34,35)26-16-25-27(19-8-12-22(32)13-9-19)28(29(26)37-25)20-10-14-24(15-11-20)36-18-23(33)17-31/h3-15,23,25-26,29,31-33H,2,16-18H2,1H3/t23?,25-,26+,29+/m1/s1. The first-order valence-corrected chi connectivity index (χ1v) is 14.1. The number of rotatable bonds is 10. The molecule has 2 bridgehead atoms. The molecular formula is C29H31NO7S. The van der Waals surface area contributed by atoms with Gasteiger partial charge in [0.15, 0.2) is 0 Å². The van der Waals surface area contributed by atoms with Gasteiger partial charge in [-0.3, -0.25) is 4.31 Å². The number of para-hydroxylation sites is 1. The summed E-state index contributed by atoms with van der Waals surface area (Å²) in [5.74, 6) is 0.663. The largest absolute Gasteiger partial charge is 0.508 e. The second kappa shape index (κ2) is 10.8. The molecule has 1 unspecified atom stereocenters. The maximum Gasteiger partial charge on any atom is 0.241 e. The summed E-state index contributed by atoms with van der Waals surface area (Å²) in [5.41, 5.74) is 4.00. The molecule has 3 N–H and O–H groups in total. The zero-order chi connectivity index (χ0) is 26.9. The summed E-state index contributed by atoms with van der Waals surface area (Å²) in [6, 6.07) is 23.1. The van der Waals surface area contributed by atoms with Gasteiger partial charge in [0.2, 0.25) is 10.0 Å². The molecule has 0 spiro atoms. The number of nitrogens with zero attached hydrogens (tertiary/aromatic N) is 1. The van der Waals surface area contributed by atoms with Crippen molar-refractivity contribution in [2.75, 3.05) is 24.1 Å². The van der Waals surface area contributed by atoms with Crippen molar-refractivity contribution in [1.82, 2.24) is 0 Å². The fraction of sp³-hybridized carbons (Fsp3) is 0.310. The Labute approximate surface area is 222 Å². The molecule has 9 heteroatoms. The zero-order valence-corrected chi connectivity index (χ0v) is 21.8. The van der Waals surface area contributed by atoms with Gasteiger partial charge in [-0.15, -0.1) is 0 Å². The summed E-state index contributed by atoms with van der Waals surface area (Å²) >= 11 is 0. The van der Waals surface area contributed by atoms with Crippen molar-refractivity contribution in [3.05, 3.63) is 90.0 Å². The van der Waals surface area contributed by atoms with Gasteiger partial charge in [0.1, 0.15) is 35.6 Å². The van der Waals surface area contributed by atoms with Gasteiger partial charge in [0.05, 0.1) is 18.4 Å². The van der Waals surface area contributed by atoms with Crippen molar-refractivity contribution in [2.45, 2.75) is 36.9 Å². The van der Waals surface area contributed by atoms with Crippen molar-refractivity contribution in [3.8, 4) is 11.5 Å². The van der Waals surface area contributed by atoms with Gasteiger partial charge < -0.3 is 24.8 Å². The summed E-state index contributed by atoms with van der Waals surface area (Å²) in [6.07, 6.45) is -1.73. The fourth-order valence-corrected chi connectivity index (χ4v) is 7.28. The molecule has 2 aliphatic heterocycles. The molecule has 1 fully saturated rings. The molecule has 2 aliphatic rings. The maximum atomic E-state index is 14.0. The Morgan fingerprint density at radius 2 is 1.61 bits per heavy atom. The van der Waals surface area contributed by atoms with E-state index in [-0.39, 0.29) is 12.4 Å². The highest BCUT2D eigenvalue weighted by Crippen LogP contribution is 2.51. The zero-order valence-electron chi connectivity index (χ0n) is 21.0. The van der Waals surface area contributed by atoms with Crippen LogP contribution in [0.2, 0.25) is 0 Å². The quantitative estimate of drug-likeness (QED) is 0.363. The normalized spacial score (nSPS) is 21.5. The number of anilines is 1. The molecular weight excluding hydrogens is 506 g/mol. The number of sulfonamides is 1. The molecule has 3 aromatic rings. The molecule has 200 valence electrons. The van der Waals surface area contributed by atoms with Crippen LogP contribution in [0.4, 0.5) is 5.69 Å². The Morgan fingerprint density at radius 3 is 2.24 bits per heavy atom. The first kappa shape index (κ1) is 26.2. The number of hydrogen-bond donors (Lipinski definition) is 3. The Morgan fingerprint density at radius 1 is 0.974 bits per heavy atom. The van der Waals surface area contributed by atoms with E-state index in [0.717, 1.165) is 22.3 Å². The minimum Gasteiger partial charge on any atom is -0.508 e. The SMILES string of the molecule is CCN(c1ccccc1)S(=O)(=O)[C@H]1C[C@H]2O[C@@H]1C(c1ccc(OCC(O)CO)cc1)=C2c1ccc(O)cc1. The molecule has 3 aromatic carbocycles. The van der Waals surface area contributed by atoms with Crippen LogP contribution in [0.15, 0.2) is 78.9 Å². The highest BCUT2D eigenvalue weighted by atomic mass is 32.2. The number of benzene rings is 3. The smallest absolute Gasteiger partial charge is 0.241 e. The number of aromatic hydroxyl groups is 1. The topological polar surface area (TPSA) is 117 Å². The van der Waals surface area contributed by atoms with Gasteiger partial charge in [0.25, 0.3) is 0 Å². The third-order valence-corrected chi connectivity index (χ3v) is 9.30. The maximum absolute atomic E-state index is 14.0. The Hall–Kier alpha value is -3.37. The van der Waals surface area contributed by atoms with Gasteiger partial charge in [-0.25, -0.2) is 8.42 Å². The summed E-state index contributed by atoms with van der Waals surface area (Å²) in [5, 5.41) is 27.6. The molecule has 0 aromatic heterocycles. The van der Waals surface area contributed by atoms with E-state index in [0.29, 0.717) is 24.4 Å². The molecule has 2 heterocycles. The van der Waals surface area contributed by atoms with Crippen LogP contribution >= 0.6 is 0 Å². The summed E-state index contributed by atoms with van der Waals surface area (Å²) in [4.78, 5) is 0. The van der Waals surface area contributed by atoms with Gasteiger partial charge in [-0.05, 0) is 72.0 Å². The molecule has 0 saturated carbocycles. The van der Waals surface area contributed by atoms with Gasteiger partial charge >= 0.3 is 0 Å². The van der Waals surface area contributed by atoms with Crippen LogP contribution < -0.4 is 9.04 Å². The highest BCUT2D eigenvalue weighted by molar-refractivity contribution is 7.93. The lowest BCUT2D eigenvalue weighted by molar-refractivity contribution is 0.0536. The van der Waals surface area contributed by atoms with Crippen molar-refractivity contribution in [1.29, 1.82) is 0 Å². The van der Waals surface area contributed by atoms with Gasteiger partial charge in [0, 0.05) is 6.54 Å². The minimum atomic E-state index is -3.76. The predicted molar refractivity (Wildman–Crippen MR) is 145 cm³/mol. The Kier molecular flexibility index (Phi) is 7.45. The van der Waals surface area contributed by atoms with Crippen LogP contribution in [0.1, 0.15) is 24.5 Å². The van der Waals surface area contributed by atoms with Crippen LogP contribution in [0.25, 0.3) is 11.1 Å². The van der Waals surface area contributed by atoms with E-state index >= 15 is 0 Å². The molecule has 0 radical (unpaired) electrons. The van der Waals surface area contributed by atoms with Crippen LogP contribution in [-0.4, -0.2) is 67.1 Å². The molecule has 8 nitrogen and oxygen atoms in total. The van der Waals surface area contributed by atoms with Crippen molar-refractivity contribution in [3.63, 3.8) is 0 Å². The molecule has 1 saturated heterocycles. The molecule has 0 aliphatic carbocycles. The lowest BCUT2D eigenvalue weighted by atomic mass is 9.83. The number of fused-ring (bicyclic) bond motifs is 2. The third kappa shape index (κ3) is 4.90. The van der Waals surface area contributed by atoms with E-state index in [9.17, 15) is 18.6 Å². The first-order chi connectivity index (χ1) is 18.3. The van der Waals surface area contributed by atoms with Crippen molar-refractivity contribution >= 4 is 26.9 Å².